The van der Waals surface area contributed by atoms with Crippen LogP contribution in [0.5, 0.6) is 0 Å². The van der Waals surface area contributed by atoms with Crippen molar-refractivity contribution in [1.82, 2.24) is 5.32 Å². The number of hydrogen-bond donors (Lipinski definition) is 2. The highest BCUT2D eigenvalue weighted by Gasteiger charge is 2.16. The Morgan fingerprint density at radius 2 is 2.25 bits per heavy atom. The van der Waals surface area contributed by atoms with Crippen molar-refractivity contribution >= 4 is 24.1 Å². The molecule has 0 heterocycles. The fraction of sp³-hybridized carbons (Fsp3) is 0.714. The van der Waals surface area contributed by atoms with Gasteiger partial charge in [-0.1, -0.05) is 13.8 Å². The molecule has 0 bridgehead atoms. The lowest BCUT2D eigenvalue weighted by Crippen LogP contribution is -2.38. The van der Waals surface area contributed by atoms with E-state index in [0.717, 1.165) is 0 Å². The van der Waals surface area contributed by atoms with Crippen LogP contribution in [0.2, 0.25) is 0 Å². The number of carbonyl (C=O) groups is 2. The predicted octanol–water partition coefficient (Wildman–Crippen LogP) is 0.327. The Balaban J connectivity index is 3.78. The van der Waals surface area contributed by atoms with Crippen molar-refractivity contribution in [3.05, 3.63) is 0 Å². The fourth-order valence-electron chi connectivity index (χ4n) is 0.561. The summed E-state index contributed by atoms with van der Waals surface area (Å²) >= 11 is 1.51. The molecule has 0 aliphatic rings. The molecule has 1 amide bonds. The molecule has 0 aliphatic heterocycles. The third-order valence-electron chi connectivity index (χ3n) is 1.16. The lowest BCUT2D eigenvalue weighted by Gasteiger charge is -2.11. The van der Waals surface area contributed by atoms with E-state index in [-0.39, 0.29) is 0 Å². The summed E-state index contributed by atoms with van der Waals surface area (Å²) in [5, 5.41) is 11.2. The van der Waals surface area contributed by atoms with E-state index in [2.05, 4.69) is 5.32 Å². The van der Waals surface area contributed by atoms with Gasteiger partial charge in [0.2, 0.25) is 6.41 Å². The van der Waals surface area contributed by atoms with E-state index in [9.17, 15) is 9.59 Å². The van der Waals surface area contributed by atoms with Crippen LogP contribution in [-0.4, -0.2) is 34.5 Å². The van der Waals surface area contributed by atoms with E-state index >= 15 is 0 Å². The molecule has 4 nitrogen and oxygen atoms in total. The van der Waals surface area contributed by atoms with Crippen LogP contribution in [0.4, 0.5) is 0 Å². The van der Waals surface area contributed by atoms with Crippen LogP contribution >= 0.6 is 11.8 Å². The summed E-state index contributed by atoms with van der Waals surface area (Å²) in [6, 6.07) is -0.769. The molecule has 1 unspecified atom stereocenters. The van der Waals surface area contributed by atoms with Crippen LogP contribution in [-0.2, 0) is 9.59 Å². The second-order valence-corrected chi connectivity index (χ2v) is 4.17. The molecule has 0 saturated heterocycles. The van der Waals surface area contributed by atoms with E-state index in [1.807, 2.05) is 13.8 Å². The number of nitrogens with one attached hydrogen (secondary N) is 1. The fourth-order valence-corrected chi connectivity index (χ4v) is 1.38. The molecule has 0 aromatic heterocycles. The third-order valence-corrected chi connectivity index (χ3v) is 2.36. The molecular formula is C7H13NO3S. The van der Waals surface area contributed by atoms with Gasteiger partial charge in [0.1, 0.15) is 6.04 Å². The van der Waals surface area contributed by atoms with Gasteiger partial charge in [-0.25, -0.2) is 4.79 Å². The number of aliphatic carboxylic acids is 1. The van der Waals surface area contributed by atoms with Gasteiger partial charge < -0.3 is 10.4 Å². The van der Waals surface area contributed by atoms with E-state index < -0.39 is 12.0 Å². The van der Waals surface area contributed by atoms with Gasteiger partial charge in [0, 0.05) is 5.75 Å². The minimum atomic E-state index is -0.991. The Morgan fingerprint density at radius 3 is 2.58 bits per heavy atom. The van der Waals surface area contributed by atoms with Crippen molar-refractivity contribution in [3.63, 3.8) is 0 Å². The van der Waals surface area contributed by atoms with E-state index in [1.165, 1.54) is 11.8 Å². The molecule has 0 saturated carbocycles. The summed E-state index contributed by atoms with van der Waals surface area (Å²) in [6.07, 6.45) is 0.416. The lowest BCUT2D eigenvalue weighted by atomic mass is 10.3. The Hall–Kier alpha value is -0.710. The molecule has 70 valence electrons. The molecule has 5 heteroatoms. The molecule has 0 rings (SSSR count). The molecule has 0 aromatic rings. The molecule has 0 aromatic carbocycles. The minimum absolute atomic E-state index is 0.375. The van der Waals surface area contributed by atoms with Gasteiger partial charge in [0.05, 0.1) is 0 Å². The number of hydrogen-bond acceptors (Lipinski definition) is 3. The highest BCUT2D eigenvalue weighted by molar-refractivity contribution is 7.99. The average molecular weight is 191 g/mol. The third kappa shape index (κ3) is 5.01. The van der Waals surface area contributed by atoms with Crippen molar-refractivity contribution in [2.45, 2.75) is 25.1 Å². The summed E-state index contributed by atoms with van der Waals surface area (Å²) < 4.78 is 0. The van der Waals surface area contributed by atoms with Gasteiger partial charge >= 0.3 is 5.97 Å². The lowest BCUT2D eigenvalue weighted by molar-refractivity contribution is -0.139. The number of carbonyl (C=O) groups excluding carboxylic acids is 1. The first-order chi connectivity index (χ1) is 5.57. The summed E-state index contributed by atoms with van der Waals surface area (Å²) in [5.74, 6) is -0.582. The maximum absolute atomic E-state index is 10.5. The molecule has 0 radical (unpaired) electrons. The zero-order valence-electron chi connectivity index (χ0n) is 7.11. The van der Waals surface area contributed by atoms with Gasteiger partial charge in [0.25, 0.3) is 0 Å². The van der Waals surface area contributed by atoms with Crippen molar-refractivity contribution in [1.29, 1.82) is 0 Å². The first kappa shape index (κ1) is 11.3. The van der Waals surface area contributed by atoms with Crippen LogP contribution < -0.4 is 5.32 Å². The average Bonchev–Trinajstić information content (AvgIpc) is 1.96. The SMILES string of the molecule is CC(C)SCC(NC=O)C(=O)O. The van der Waals surface area contributed by atoms with Gasteiger partial charge in [-0.05, 0) is 5.25 Å². The highest BCUT2D eigenvalue weighted by Crippen LogP contribution is 2.10. The summed E-state index contributed by atoms with van der Waals surface area (Å²) in [5.41, 5.74) is 0. The molecule has 0 aliphatic carbocycles. The standard InChI is InChI=1S/C7H13NO3S/c1-5(2)12-3-6(7(10)11)8-4-9/h4-6H,3H2,1-2H3,(H,8,9)(H,10,11). The van der Waals surface area contributed by atoms with E-state index in [4.69, 9.17) is 5.11 Å². The highest BCUT2D eigenvalue weighted by atomic mass is 32.2. The van der Waals surface area contributed by atoms with Crippen LogP contribution in [0.1, 0.15) is 13.8 Å². The van der Waals surface area contributed by atoms with Gasteiger partial charge in [0.15, 0.2) is 0 Å². The smallest absolute Gasteiger partial charge is 0.327 e. The van der Waals surface area contributed by atoms with Crippen LogP contribution in [0.15, 0.2) is 0 Å². The molecule has 2 N–H and O–H groups in total. The zero-order valence-corrected chi connectivity index (χ0v) is 7.93. The molecule has 0 spiro atoms. The predicted molar refractivity (Wildman–Crippen MR) is 48.2 cm³/mol. The Kier molecular flexibility index (Phi) is 5.53. The monoisotopic (exact) mass is 191 g/mol. The Bertz CT molecular complexity index is 161. The van der Waals surface area contributed by atoms with Crippen molar-refractivity contribution < 1.29 is 14.7 Å². The van der Waals surface area contributed by atoms with Crippen molar-refractivity contribution in [2.75, 3.05) is 5.75 Å². The number of carboxylic acid groups (broad SMARTS) is 1. The maximum atomic E-state index is 10.5. The molecule has 12 heavy (non-hydrogen) atoms. The number of carboxylic acids is 1. The largest absolute Gasteiger partial charge is 0.480 e. The van der Waals surface area contributed by atoms with Crippen LogP contribution in [0.3, 0.4) is 0 Å². The first-order valence-corrected chi connectivity index (χ1v) is 4.67. The van der Waals surface area contributed by atoms with Gasteiger partial charge in [-0.3, -0.25) is 4.79 Å². The van der Waals surface area contributed by atoms with Crippen LogP contribution in [0.25, 0.3) is 0 Å². The summed E-state index contributed by atoms with van der Waals surface area (Å²) in [7, 11) is 0. The Morgan fingerprint density at radius 1 is 1.67 bits per heavy atom. The number of amides is 1. The van der Waals surface area contributed by atoms with Crippen molar-refractivity contribution in [3.8, 4) is 0 Å². The number of thioether (sulfide) groups is 1. The molecule has 0 fully saturated rings. The Labute approximate surface area is 75.7 Å². The quantitative estimate of drug-likeness (QED) is 0.594. The van der Waals surface area contributed by atoms with Crippen molar-refractivity contribution in [2.24, 2.45) is 0 Å². The molecular weight excluding hydrogens is 178 g/mol. The topological polar surface area (TPSA) is 66.4 Å². The second-order valence-electron chi connectivity index (χ2n) is 2.56. The normalized spacial score (nSPS) is 12.6. The molecule has 1 atom stereocenters. The van der Waals surface area contributed by atoms with E-state index in [0.29, 0.717) is 17.4 Å². The minimum Gasteiger partial charge on any atom is -0.480 e. The maximum Gasteiger partial charge on any atom is 0.327 e. The van der Waals surface area contributed by atoms with Gasteiger partial charge in [-0.15, -0.1) is 0 Å². The van der Waals surface area contributed by atoms with Gasteiger partial charge in [-0.2, -0.15) is 11.8 Å². The van der Waals surface area contributed by atoms with E-state index in [1.54, 1.807) is 0 Å². The zero-order chi connectivity index (χ0) is 9.56. The summed E-state index contributed by atoms with van der Waals surface area (Å²) in [4.78, 5) is 20.4. The van der Waals surface area contributed by atoms with Crippen LogP contribution in [0, 0.1) is 0 Å². The number of rotatable bonds is 6. The summed E-state index contributed by atoms with van der Waals surface area (Å²) in [6.45, 7) is 3.95. The second kappa shape index (κ2) is 5.88. The first-order valence-electron chi connectivity index (χ1n) is 3.62.